The van der Waals surface area contributed by atoms with Gasteiger partial charge in [0.2, 0.25) is 5.91 Å². The van der Waals surface area contributed by atoms with Crippen molar-refractivity contribution in [1.82, 2.24) is 25.2 Å². The lowest BCUT2D eigenvalue weighted by Gasteiger charge is -2.17. The Hall–Kier alpha value is -4.21. The number of carbonyl (C=O) groups excluding carboxylic acids is 1. The van der Waals surface area contributed by atoms with Crippen LogP contribution in [-0.4, -0.2) is 52.5 Å². The van der Waals surface area contributed by atoms with E-state index in [1.54, 1.807) is 17.0 Å². The SMILES string of the molecule is O=C(NCc1ccccc1OCC1=NCCN1)[C@@H]1CCc2cnc(NCCc3ccccn3)c(=O)n21. The molecular formula is C26H29N7O3. The lowest BCUT2D eigenvalue weighted by atomic mass is 10.1. The van der Waals surface area contributed by atoms with Crippen molar-refractivity contribution in [3.63, 3.8) is 0 Å². The zero-order chi connectivity index (χ0) is 24.7. The molecule has 2 aliphatic rings. The number of pyridine rings is 1. The van der Waals surface area contributed by atoms with Crippen LogP contribution in [0.1, 0.15) is 29.4 Å². The van der Waals surface area contributed by atoms with Crippen molar-refractivity contribution in [1.29, 1.82) is 0 Å². The molecule has 0 fully saturated rings. The Bertz CT molecular complexity index is 1310. The van der Waals surface area contributed by atoms with Crippen LogP contribution in [0, 0.1) is 0 Å². The van der Waals surface area contributed by atoms with E-state index in [9.17, 15) is 9.59 Å². The normalized spacial score (nSPS) is 16.1. The Balaban J connectivity index is 1.21. The monoisotopic (exact) mass is 487 g/mol. The summed E-state index contributed by atoms with van der Waals surface area (Å²) in [6, 6.07) is 12.8. The second-order valence-electron chi connectivity index (χ2n) is 8.70. The Labute approximate surface area is 208 Å². The summed E-state index contributed by atoms with van der Waals surface area (Å²) in [5.41, 5.74) is 2.28. The predicted molar refractivity (Wildman–Crippen MR) is 136 cm³/mol. The van der Waals surface area contributed by atoms with Gasteiger partial charge < -0.3 is 20.7 Å². The number of hydrogen-bond acceptors (Lipinski definition) is 8. The summed E-state index contributed by atoms with van der Waals surface area (Å²) >= 11 is 0. The van der Waals surface area contributed by atoms with Gasteiger partial charge in [-0.25, -0.2) is 4.98 Å². The fraction of sp³-hybridized carbons (Fsp3) is 0.346. The van der Waals surface area contributed by atoms with E-state index in [2.05, 4.69) is 30.9 Å². The van der Waals surface area contributed by atoms with Gasteiger partial charge in [-0.15, -0.1) is 0 Å². The number of nitrogens with one attached hydrogen (secondary N) is 3. The van der Waals surface area contributed by atoms with Crippen molar-refractivity contribution >= 4 is 17.6 Å². The van der Waals surface area contributed by atoms with Crippen LogP contribution in [0.3, 0.4) is 0 Å². The minimum atomic E-state index is -0.572. The molecular weight excluding hydrogens is 458 g/mol. The maximum Gasteiger partial charge on any atom is 0.294 e. The molecule has 5 rings (SSSR count). The number of para-hydroxylation sites is 1. The van der Waals surface area contributed by atoms with E-state index in [0.29, 0.717) is 44.7 Å². The van der Waals surface area contributed by atoms with Crippen LogP contribution in [-0.2, 0) is 24.2 Å². The smallest absolute Gasteiger partial charge is 0.294 e. The van der Waals surface area contributed by atoms with Gasteiger partial charge in [-0.3, -0.25) is 24.1 Å². The van der Waals surface area contributed by atoms with Crippen LogP contribution in [0.5, 0.6) is 5.75 Å². The quantitative estimate of drug-likeness (QED) is 0.396. The maximum atomic E-state index is 13.2. The number of ether oxygens (including phenoxy) is 1. The highest BCUT2D eigenvalue weighted by Gasteiger charge is 2.30. The average molecular weight is 488 g/mol. The van der Waals surface area contributed by atoms with E-state index in [1.165, 1.54) is 0 Å². The highest BCUT2D eigenvalue weighted by atomic mass is 16.5. The number of carbonyl (C=O) groups is 1. The number of benzene rings is 1. The molecule has 1 aromatic carbocycles. The van der Waals surface area contributed by atoms with Crippen LogP contribution >= 0.6 is 0 Å². The third-order valence-corrected chi connectivity index (χ3v) is 6.30. The second kappa shape index (κ2) is 11.0. The summed E-state index contributed by atoms with van der Waals surface area (Å²) in [7, 11) is 0. The molecule has 0 saturated carbocycles. The molecule has 1 atom stereocenters. The van der Waals surface area contributed by atoms with Gasteiger partial charge in [0.1, 0.15) is 24.2 Å². The summed E-state index contributed by atoms with van der Waals surface area (Å²) in [4.78, 5) is 39.2. The molecule has 1 amide bonds. The first-order valence-electron chi connectivity index (χ1n) is 12.2. The molecule has 3 N–H and O–H groups in total. The average Bonchev–Trinajstić information content (AvgIpc) is 3.59. The maximum absolute atomic E-state index is 13.2. The zero-order valence-corrected chi connectivity index (χ0v) is 19.9. The lowest BCUT2D eigenvalue weighted by molar-refractivity contribution is -0.124. The van der Waals surface area contributed by atoms with Crippen molar-refractivity contribution in [3.8, 4) is 5.75 Å². The van der Waals surface area contributed by atoms with Crippen molar-refractivity contribution in [3.05, 3.63) is 82.2 Å². The van der Waals surface area contributed by atoms with Gasteiger partial charge in [0.25, 0.3) is 5.56 Å². The molecule has 0 unspecified atom stereocenters. The van der Waals surface area contributed by atoms with E-state index >= 15 is 0 Å². The number of hydrogen-bond donors (Lipinski definition) is 3. The van der Waals surface area contributed by atoms with Crippen LogP contribution in [0.2, 0.25) is 0 Å². The van der Waals surface area contributed by atoms with Gasteiger partial charge in [-0.05, 0) is 31.0 Å². The minimum absolute atomic E-state index is 0.196. The van der Waals surface area contributed by atoms with E-state index in [4.69, 9.17) is 4.74 Å². The number of amidine groups is 1. The summed E-state index contributed by atoms with van der Waals surface area (Å²) < 4.78 is 7.49. The van der Waals surface area contributed by atoms with Crippen molar-refractivity contribution < 1.29 is 9.53 Å². The molecule has 3 aromatic rings. The molecule has 0 bridgehead atoms. The molecule has 10 nitrogen and oxygen atoms in total. The molecule has 4 heterocycles. The van der Waals surface area contributed by atoms with Crippen LogP contribution in [0.25, 0.3) is 0 Å². The van der Waals surface area contributed by atoms with Crippen LogP contribution in [0.4, 0.5) is 5.82 Å². The summed E-state index contributed by atoms with van der Waals surface area (Å²) in [5.74, 6) is 1.57. The zero-order valence-electron chi connectivity index (χ0n) is 19.9. The summed E-state index contributed by atoms with van der Waals surface area (Å²) in [6.07, 6.45) is 5.28. The van der Waals surface area contributed by atoms with Gasteiger partial charge in [0.15, 0.2) is 5.82 Å². The largest absolute Gasteiger partial charge is 0.485 e. The molecule has 36 heavy (non-hydrogen) atoms. The minimum Gasteiger partial charge on any atom is -0.485 e. The molecule has 2 aliphatic heterocycles. The van der Waals surface area contributed by atoms with Gasteiger partial charge in [-0.2, -0.15) is 0 Å². The highest BCUT2D eigenvalue weighted by molar-refractivity contribution is 5.85. The second-order valence-corrected chi connectivity index (χ2v) is 8.70. The van der Waals surface area contributed by atoms with Gasteiger partial charge in [0.05, 0.1) is 6.54 Å². The Morgan fingerprint density at radius 3 is 2.89 bits per heavy atom. The number of aromatic nitrogens is 3. The first kappa shape index (κ1) is 23.5. The molecule has 0 aliphatic carbocycles. The van der Waals surface area contributed by atoms with Gasteiger partial charge >= 0.3 is 0 Å². The third-order valence-electron chi connectivity index (χ3n) is 6.30. The Morgan fingerprint density at radius 2 is 2.06 bits per heavy atom. The van der Waals surface area contributed by atoms with E-state index in [1.807, 2.05) is 42.5 Å². The first-order chi connectivity index (χ1) is 17.7. The van der Waals surface area contributed by atoms with Crippen LogP contribution in [0.15, 0.2) is 64.6 Å². The Morgan fingerprint density at radius 1 is 1.17 bits per heavy atom. The number of anilines is 1. The standard InChI is InChI=1S/C26H29N7O3/c34-25(32-15-18-5-1-2-7-22(18)36-17-23-28-13-14-29-23)21-9-8-20-16-31-24(26(35)33(20)21)30-12-10-19-6-3-4-11-27-19/h1-7,11,16,21H,8-10,12-15,17H2,(H,28,29)(H,30,31)(H,32,34)/t21-/m0/s1. The molecule has 10 heteroatoms. The molecule has 0 spiro atoms. The van der Waals surface area contributed by atoms with E-state index < -0.39 is 6.04 Å². The van der Waals surface area contributed by atoms with Crippen molar-refractivity contribution in [2.75, 3.05) is 31.6 Å². The van der Waals surface area contributed by atoms with Crippen LogP contribution < -0.4 is 26.2 Å². The number of aryl methyl sites for hydroxylation is 1. The van der Waals surface area contributed by atoms with Gasteiger partial charge in [0, 0.05) is 55.4 Å². The number of aliphatic imine (C=N–C) groups is 1. The number of amides is 1. The number of rotatable bonds is 10. The van der Waals surface area contributed by atoms with Gasteiger partial charge in [-0.1, -0.05) is 24.3 Å². The number of fused-ring (bicyclic) bond motifs is 1. The third kappa shape index (κ3) is 5.37. The molecule has 186 valence electrons. The predicted octanol–water partition coefficient (Wildman–Crippen LogP) is 1.48. The molecule has 2 aromatic heterocycles. The Kier molecular flexibility index (Phi) is 7.20. The molecule has 0 radical (unpaired) electrons. The fourth-order valence-corrected chi connectivity index (χ4v) is 4.45. The number of nitrogens with zero attached hydrogens (tertiary/aromatic N) is 4. The van der Waals surface area contributed by atoms with E-state index in [-0.39, 0.29) is 17.3 Å². The molecule has 0 saturated heterocycles. The van der Waals surface area contributed by atoms with Crippen molar-refractivity contribution in [2.45, 2.75) is 31.8 Å². The van der Waals surface area contributed by atoms with E-state index in [0.717, 1.165) is 35.9 Å². The summed E-state index contributed by atoms with van der Waals surface area (Å²) in [6.45, 7) is 2.77. The first-order valence-corrected chi connectivity index (χ1v) is 12.2. The highest BCUT2D eigenvalue weighted by Crippen LogP contribution is 2.25. The fourth-order valence-electron chi connectivity index (χ4n) is 4.45. The lowest BCUT2D eigenvalue weighted by Crippen LogP contribution is -2.36. The topological polar surface area (TPSA) is 123 Å². The van der Waals surface area contributed by atoms with Crippen molar-refractivity contribution in [2.24, 2.45) is 4.99 Å². The summed E-state index contributed by atoms with van der Waals surface area (Å²) in [5, 5.41) is 9.28.